The molecule has 0 aromatic heterocycles. The first-order valence-electron chi connectivity index (χ1n) is 8.64. The van der Waals surface area contributed by atoms with Crippen LogP contribution < -0.4 is 5.73 Å². The van der Waals surface area contributed by atoms with Crippen LogP contribution in [-0.2, 0) is 4.79 Å². The Kier molecular flexibility index (Phi) is 5.88. The highest BCUT2D eigenvalue weighted by Crippen LogP contribution is 2.30. The Morgan fingerprint density at radius 2 is 1.85 bits per heavy atom. The van der Waals surface area contributed by atoms with Gasteiger partial charge in [-0.05, 0) is 44.4 Å². The molecule has 20 heavy (non-hydrogen) atoms. The highest BCUT2D eigenvalue weighted by molar-refractivity contribution is 5.79. The Labute approximate surface area is 124 Å². The molecule has 3 heteroatoms. The zero-order chi connectivity index (χ0) is 14.5. The summed E-state index contributed by atoms with van der Waals surface area (Å²) in [7, 11) is 0. The second kappa shape index (κ2) is 7.44. The standard InChI is InChI=1S/C17H32N2O/c1-13(2)10-11-19(16-8-3-4-9-16)17(20)14-6-5-7-15(18)12-14/h13-16H,3-12,18H2,1-2H3. The topological polar surface area (TPSA) is 46.3 Å². The monoisotopic (exact) mass is 280 g/mol. The van der Waals surface area contributed by atoms with Crippen LogP contribution in [0.25, 0.3) is 0 Å². The number of nitrogens with two attached hydrogens (primary N) is 1. The lowest BCUT2D eigenvalue weighted by Crippen LogP contribution is -2.45. The summed E-state index contributed by atoms with van der Waals surface area (Å²) in [6.07, 6.45) is 10.3. The Bertz CT molecular complexity index is 310. The molecule has 116 valence electrons. The molecule has 2 rings (SSSR count). The summed E-state index contributed by atoms with van der Waals surface area (Å²) in [6.45, 7) is 5.44. The number of amides is 1. The Balaban J connectivity index is 1.98. The number of rotatable bonds is 5. The Hall–Kier alpha value is -0.570. The summed E-state index contributed by atoms with van der Waals surface area (Å²) >= 11 is 0. The maximum absolute atomic E-state index is 12.9. The highest BCUT2D eigenvalue weighted by Gasteiger charge is 2.33. The third-order valence-corrected chi connectivity index (χ3v) is 5.06. The lowest BCUT2D eigenvalue weighted by molar-refractivity contribution is -0.139. The smallest absolute Gasteiger partial charge is 0.225 e. The molecule has 3 nitrogen and oxygen atoms in total. The third kappa shape index (κ3) is 4.21. The minimum Gasteiger partial charge on any atom is -0.339 e. The van der Waals surface area contributed by atoms with E-state index >= 15 is 0 Å². The van der Waals surface area contributed by atoms with Crippen molar-refractivity contribution in [3.8, 4) is 0 Å². The average molecular weight is 280 g/mol. The van der Waals surface area contributed by atoms with E-state index in [1.165, 1.54) is 25.7 Å². The fourth-order valence-electron chi connectivity index (χ4n) is 3.77. The van der Waals surface area contributed by atoms with Crippen LogP contribution in [-0.4, -0.2) is 29.4 Å². The van der Waals surface area contributed by atoms with Gasteiger partial charge in [-0.25, -0.2) is 0 Å². The molecule has 0 aliphatic heterocycles. The van der Waals surface area contributed by atoms with Gasteiger partial charge in [-0.3, -0.25) is 4.79 Å². The maximum atomic E-state index is 12.9. The largest absolute Gasteiger partial charge is 0.339 e. The lowest BCUT2D eigenvalue weighted by Gasteiger charge is -2.35. The molecule has 2 atom stereocenters. The molecule has 0 bridgehead atoms. The van der Waals surface area contributed by atoms with Crippen molar-refractivity contribution < 1.29 is 4.79 Å². The molecule has 0 spiro atoms. The van der Waals surface area contributed by atoms with Gasteiger partial charge in [0.05, 0.1) is 0 Å². The second-order valence-corrected chi connectivity index (χ2v) is 7.28. The highest BCUT2D eigenvalue weighted by atomic mass is 16.2. The van der Waals surface area contributed by atoms with E-state index in [0.29, 0.717) is 17.9 Å². The van der Waals surface area contributed by atoms with Crippen molar-refractivity contribution in [1.82, 2.24) is 4.90 Å². The molecule has 2 N–H and O–H groups in total. The van der Waals surface area contributed by atoms with E-state index in [9.17, 15) is 4.79 Å². The Morgan fingerprint density at radius 3 is 2.45 bits per heavy atom. The number of hydrogen-bond donors (Lipinski definition) is 1. The van der Waals surface area contributed by atoms with Gasteiger partial charge in [0.15, 0.2) is 0 Å². The molecule has 2 aliphatic carbocycles. The van der Waals surface area contributed by atoms with Crippen LogP contribution in [0.3, 0.4) is 0 Å². The molecule has 0 radical (unpaired) electrons. The molecule has 1 amide bonds. The van der Waals surface area contributed by atoms with Crippen LogP contribution in [0.15, 0.2) is 0 Å². The van der Waals surface area contributed by atoms with Gasteiger partial charge >= 0.3 is 0 Å². The summed E-state index contributed by atoms with van der Waals surface area (Å²) in [5.41, 5.74) is 6.07. The van der Waals surface area contributed by atoms with Crippen molar-refractivity contribution in [3.63, 3.8) is 0 Å². The molecule has 2 fully saturated rings. The van der Waals surface area contributed by atoms with E-state index in [4.69, 9.17) is 5.73 Å². The minimum absolute atomic E-state index is 0.200. The van der Waals surface area contributed by atoms with Gasteiger partial charge in [0, 0.05) is 24.5 Å². The van der Waals surface area contributed by atoms with Gasteiger partial charge in [-0.1, -0.05) is 33.1 Å². The van der Waals surface area contributed by atoms with E-state index < -0.39 is 0 Å². The van der Waals surface area contributed by atoms with Crippen LogP contribution >= 0.6 is 0 Å². The third-order valence-electron chi connectivity index (χ3n) is 5.06. The molecule has 2 aliphatic rings. The molecule has 2 saturated carbocycles. The predicted octanol–water partition coefficient (Wildman–Crippen LogP) is 3.32. The zero-order valence-corrected chi connectivity index (χ0v) is 13.3. The SMILES string of the molecule is CC(C)CCN(C(=O)C1CCCC(N)C1)C1CCCC1. The first-order chi connectivity index (χ1) is 9.58. The molecule has 0 saturated heterocycles. The van der Waals surface area contributed by atoms with Gasteiger partial charge in [-0.2, -0.15) is 0 Å². The number of hydrogen-bond acceptors (Lipinski definition) is 2. The number of carbonyl (C=O) groups is 1. The summed E-state index contributed by atoms with van der Waals surface area (Å²) in [4.78, 5) is 15.1. The van der Waals surface area contributed by atoms with E-state index in [1.54, 1.807) is 0 Å². The van der Waals surface area contributed by atoms with Crippen molar-refractivity contribution in [2.75, 3.05) is 6.54 Å². The molecule has 0 aromatic rings. The van der Waals surface area contributed by atoms with E-state index in [2.05, 4.69) is 18.7 Å². The quantitative estimate of drug-likeness (QED) is 0.839. The molecule has 2 unspecified atom stereocenters. The van der Waals surface area contributed by atoms with Crippen molar-refractivity contribution in [3.05, 3.63) is 0 Å². The van der Waals surface area contributed by atoms with Gasteiger partial charge in [0.1, 0.15) is 0 Å². The van der Waals surface area contributed by atoms with Crippen LogP contribution in [0.4, 0.5) is 0 Å². The van der Waals surface area contributed by atoms with Gasteiger partial charge in [0.25, 0.3) is 0 Å². The number of carbonyl (C=O) groups excluding carboxylic acids is 1. The minimum atomic E-state index is 0.200. The van der Waals surface area contributed by atoms with E-state index in [1.807, 2.05) is 0 Å². The van der Waals surface area contributed by atoms with Gasteiger partial charge < -0.3 is 10.6 Å². The predicted molar refractivity (Wildman–Crippen MR) is 83.4 cm³/mol. The normalized spacial score (nSPS) is 28.0. The summed E-state index contributed by atoms with van der Waals surface area (Å²) in [5.74, 6) is 1.28. The summed E-state index contributed by atoms with van der Waals surface area (Å²) in [5, 5.41) is 0. The first-order valence-corrected chi connectivity index (χ1v) is 8.64. The van der Waals surface area contributed by atoms with Crippen LogP contribution in [0.1, 0.15) is 71.6 Å². The van der Waals surface area contributed by atoms with E-state index in [-0.39, 0.29) is 12.0 Å². The summed E-state index contributed by atoms with van der Waals surface area (Å²) in [6, 6.07) is 0.757. The van der Waals surface area contributed by atoms with Crippen molar-refractivity contribution in [2.45, 2.75) is 83.7 Å². The van der Waals surface area contributed by atoms with Gasteiger partial charge in [0.2, 0.25) is 5.91 Å². The first kappa shape index (κ1) is 15.8. The Morgan fingerprint density at radius 1 is 1.15 bits per heavy atom. The number of nitrogens with zero attached hydrogens (tertiary/aromatic N) is 1. The van der Waals surface area contributed by atoms with Gasteiger partial charge in [-0.15, -0.1) is 0 Å². The molecule has 0 aromatic carbocycles. The van der Waals surface area contributed by atoms with Crippen LogP contribution in [0, 0.1) is 11.8 Å². The second-order valence-electron chi connectivity index (χ2n) is 7.28. The lowest BCUT2D eigenvalue weighted by atomic mass is 9.85. The fourth-order valence-corrected chi connectivity index (χ4v) is 3.77. The fraction of sp³-hybridized carbons (Fsp3) is 0.941. The van der Waals surface area contributed by atoms with Crippen LogP contribution in [0.5, 0.6) is 0 Å². The zero-order valence-electron chi connectivity index (χ0n) is 13.3. The van der Waals surface area contributed by atoms with Crippen molar-refractivity contribution in [1.29, 1.82) is 0 Å². The summed E-state index contributed by atoms with van der Waals surface area (Å²) < 4.78 is 0. The van der Waals surface area contributed by atoms with Crippen LogP contribution in [0.2, 0.25) is 0 Å². The van der Waals surface area contributed by atoms with Crippen molar-refractivity contribution in [2.24, 2.45) is 17.6 Å². The van der Waals surface area contributed by atoms with E-state index in [0.717, 1.165) is 38.6 Å². The average Bonchev–Trinajstić information content (AvgIpc) is 2.92. The van der Waals surface area contributed by atoms with Crippen molar-refractivity contribution >= 4 is 5.91 Å². The molecular formula is C17H32N2O. The maximum Gasteiger partial charge on any atom is 0.225 e. The molecule has 0 heterocycles. The molecular weight excluding hydrogens is 248 g/mol.